The van der Waals surface area contributed by atoms with Crippen molar-refractivity contribution in [2.75, 3.05) is 0 Å². The molecule has 0 aliphatic carbocycles. The van der Waals surface area contributed by atoms with E-state index in [0.717, 1.165) is 31.4 Å². The molecule has 0 heterocycles. The van der Waals surface area contributed by atoms with Gasteiger partial charge >= 0.3 is 0 Å². The Balaban J connectivity index is 2.07. The summed E-state index contributed by atoms with van der Waals surface area (Å²) in [6.07, 6.45) is 3.35. The molecule has 0 amide bonds. The van der Waals surface area contributed by atoms with E-state index in [1.807, 2.05) is 24.3 Å². The number of hydrogen-bond donors (Lipinski definition) is 0. The van der Waals surface area contributed by atoms with Crippen LogP contribution in [-0.2, 0) is 6.42 Å². The second-order valence-electron chi connectivity index (χ2n) is 4.57. The van der Waals surface area contributed by atoms with Crippen molar-refractivity contribution in [1.82, 2.24) is 0 Å². The molecule has 0 saturated heterocycles. The summed E-state index contributed by atoms with van der Waals surface area (Å²) < 4.78 is 26.1. The predicted octanol–water partition coefficient (Wildman–Crippen LogP) is 5.72. The Morgan fingerprint density at radius 2 is 1.70 bits per heavy atom. The number of rotatable bonds is 5. The van der Waals surface area contributed by atoms with Gasteiger partial charge in [0.1, 0.15) is 11.5 Å². The molecule has 0 saturated carbocycles. The van der Waals surface area contributed by atoms with Crippen LogP contribution in [0.25, 0.3) is 0 Å². The first-order valence-electron chi connectivity index (χ1n) is 6.65. The lowest BCUT2D eigenvalue weighted by Gasteiger charge is -2.00. The zero-order valence-electron chi connectivity index (χ0n) is 11.3. The molecule has 104 valence electrons. The van der Waals surface area contributed by atoms with Gasteiger partial charge in [0.05, 0.1) is 5.69 Å². The first-order chi connectivity index (χ1) is 9.69. The van der Waals surface area contributed by atoms with Crippen molar-refractivity contribution in [2.45, 2.75) is 26.2 Å². The molecule has 0 atom stereocenters. The number of azo groups is 1. The van der Waals surface area contributed by atoms with Crippen LogP contribution in [0, 0.1) is 11.6 Å². The van der Waals surface area contributed by atoms with E-state index >= 15 is 0 Å². The lowest BCUT2D eigenvalue weighted by Crippen LogP contribution is -1.82. The van der Waals surface area contributed by atoms with Gasteiger partial charge in [-0.15, -0.1) is 5.11 Å². The van der Waals surface area contributed by atoms with Crippen molar-refractivity contribution >= 4 is 11.4 Å². The van der Waals surface area contributed by atoms with E-state index in [0.29, 0.717) is 5.69 Å². The molecule has 0 spiro atoms. The monoisotopic (exact) mass is 274 g/mol. The minimum absolute atomic E-state index is 0.0291. The highest BCUT2D eigenvalue weighted by molar-refractivity contribution is 5.41. The Labute approximate surface area is 117 Å². The molecule has 4 heteroatoms. The highest BCUT2D eigenvalue weighted by atomic mass is 19.1. The molecule has 0 radical (unpaired) electrons. The lowest BCUT2D eigenvalue weighted by atomic mass is 10.1. The van der Waals surface area contributed by atoms with Crippen molar-refractivity contribution in [3.05, 3.63) is 59.7 Å². The van der Waals surface area contributed by atoms with Gasteiger partial charge in [0.2, 0.25) is 0 Å². The molecule has 20 heavy (non-hydrogen) atoms. The summed E-state index contributed by atoms with van der Waals surface area (Å²) in [5, 5.41) is 7.74. The molecule has 0 aromatic heterocycles. The third kappa shape index (κ3) is 3.95. The van der Waals surface area contributed by atoms with E-state index in [-0.39, 0.29) is 5.69 Å². The summed E-state index contributed by atoms with van der Waals surface area (Å²) in [5.74, 6) is -1.34. The summed E-state index contributed by atoms with van der Waals surface area (Å²) in [4.78, 5) is 0. The summed E-state index contributed by atoms with van der Waals surface area (Å²) in [5.41, 5.74) is 1.93. The molecule has 0 fully saturated rings. The number of halogens is 2. The molecular formula is C16H16F2N2. The largest absolute Gasteiger partial charge is 0.207 e. The smallest absolute Gasteiger partial charge is 0.153 e. The minimum atomic E-state index is -0.715. The fourth-order valence-corrected chi connectivity index (χ4v) is 1.78. The van der Waals surface area contributed by atoms with E-state index in [2.05, 4.69) is 17.2 Å². The zero-order chi connectivity index (χ0) is 14.4. The number of unbranched alkanes of at least 4 members (excludes halogenated alkanes) is 1. The first kappa shape index (κ1) is 14.3. The minimum Gasteiger partial charge on any atom is -0.207 e. The molecule has 0 aliphatic heterocycles. The molecule has 0 bridgehead atoms. The maximum Gasteiger partial charge on any atom is 0.153 e. The summed E-state index contributed by atoms with van der Waals surface area (Å²) in [7, 11) is 0. The Kier molecular flexibility index (Phi) is 4.93. The van der Waals surface area contributed by atoms with Gasteiger partial charge in [0.25, 0.3) is 0 Å². The van der Waals surface area contributed by atoms with Crippen LogP contribution in [0.4, 0.5) is 20.2 Å². The van der Waals surface area contributed by atoms with E-state index in [9.17, 15) is 8.78 Å². The van der Waals surface area contributed by atoms with Crippen LogP contribution < -0.4 is 0 Å². The molecule has 0 aliphatic rings. The summed E-state index contributed by atoms with van der Waals surface area (Å²) in [6.45, 7) is 2.15. The maximum atomic E-state index is 13.4. The van der Waals surface area contributed by atoms with Crippen LogP contribution in [0.5, 0.6) is 0 Å². The lowest BCUT2D eigenvalue weighted by molar-refractivity contribution is 0.584. The van der Waals surface area contributed by atoms with Gasteiger partial charge in [-0.25, -0.2) is 8.78 Å². The maximum absolute atomic E-state index is 13.4. The molecule has 2 aromatic carbocycles. The van der Waals surface area contributed by atoms with Gasteiger partial charge in [-0.3, -0.25) is 0 Å². The molecule has 2 nitrogen and oxygen atoms in total. The predicted molar refractivity (Wildman–Crippen MR) is 75.6 cm³/mol. The Morgan fingerprint density at radius 1 is 0.950 bits per heavy atom. The van der Waals surface area contributed by atoms with E-state index < -0.39 is 11.6 Å². The van der Waals surface area contributed by atoms with Crippen LogP contribution in [0.1, 0.15) is 25.3 Å². The Hall–Kier alpha value is -2.10. The molecule has 0 unspecified atom stereocenters. The highest BCUT2D eigenvalue weighted by Gasteiger charge is 2.02. The van der Waals surface area contributed by atoms with Gasteiger partial charge in [0.15, 0.2) is 5.82 Å². The van der Waals surface area contributed by atoms with Crippen LogP contribution in [-0.4, -0.2) is 0 Å². The van der Waals surface area contributed by atoms with E-state index in [4.69, 9.17) is 0 Å². The number of nitrogens with zero attached hydrogens (tertiary/aromatic N) is 2. The molecule has 2 aromatic rings. The van der Waals surface area contributed by atoms with Crippen LogP contribution in [0.3, 0.4) is 0 Å². The van der Waals surface area contributed by atoms with Crippen LogP contribution in [0.2, 0.25) is 0 Å². The van der Waals surface area contributed by atoms with Gasteiger partial charge in [-0.1, -0.05) is 25.5 Å². The number of aryl methyl sites for hydroxylation is 1. The van der Waals surface area contributed by atoms with E-state index in [1.54, 1.807) is 0 Å². The number of benzene rings is 2. The molecule has 0 N–H and O–H groups in total. The molecular weight excluding hydrogens is 258 g/mol. The SMILES string of the molecule is CCCCc1ccc(N=Nc2ccc(F)cc2F)cc1. The topological polar surface area (TPSA) is 24.7 Å². The quantitative estimate of drug-likeness (QED) is 0.623. The van der Waals surface area contributed by atoms with E-state index in [1.165, 1.54) is 11.6 Å². The fraction of sp³-hybridized carbons (Fsp3) is 0.250. The Morgan fingerprint density at radius 3 is 2.35 bits per heavy atom. The van der Waals surface area contributed by atoms with Crippen molar-refractivity contribution < 1.29 is 8.78 Å². The van der Waals surface area contributed by atoms with Gasteiger partial charge in [-0.2, -0.15) is 5.11 Å². The highest BCUT2D eigenvalue weighted by Crippen LogP contribution is 2.22. The molecule has 2 rings (SSSR count). The second kappa shape index (κ2) is 6.89. The second-order valence-corrected chi connectivity index (χ2v) is 4.57. The fourth-order valence-electron chi connectivity index (χ4n) is 1.78. The van der Waals surface area contributed by atoms with Crippen molar-refractivity contribution in [2.24, 2.45) is 10.2 Å². The van der Waals surface area contributed by atoms with Crippen molar-refractivity contribution in [3.8, 4) is 0 Å². The third-order valence-electron chi connectivity index (χ3n) is 2.94. The third-order valence-corrected chi connectivity index (χ3v) is 2.94. The van der Waals surface area contributed by atoms with Gasteiger partial charge < -0.3 is 0 Å². The van der Waals surface area contributed by atoms with Crippen LogP contribution >= 0.6 is 0 Å². The number of hydrogen-bond acceptors (Lipinski definition) is 2. The van der Waals surface area contributed by atoms with Gasteiger partial charge in [-0.05, 0) is 42.7 Å². The average Bonchev–Trinajstić information content (AvgIpc) is 2.45. The first-order valence-corrected chi connectivity index (χ1v) is 6.65. The zero-order valence-corrected chi connectivity index (χ0v) is 11.3. The standard InChI is InChI=1S/C16H16F2N2/c1-2-3-4-12-5-8-14(9-6-12)19-20-16-10-7-13(17)11-15(16)18/h5-11H,2-4H2,1H3. The van der Waals surface area contributed by atoms with Crippen molar-refractivity contribution in [1.29, 1.82) is 0 Å². The summed E-state index contributed by atoms with van der Waals surface area (Å²) >= 11 is 0. The summed E-state index contributed by atoms with van der Waals surface area (Å²) in [6, 6.07) is 10.9. The van der Waals surface area contributed by atoms with Crippen LogP contribution in [0.15, 0.2) is 52.7 Å². The average molecular weight is 274 g/mol. The normalized spacial score (nSPS) is 11.2. The Bertz CT molecular complexity index is 592. The van der Waals surface area contributed by atoms with Crippen molar-refractivity contribution in [3.63, 3.8) is 0 Å². The van der Waals surface area contributed by atoms with Gasteiger partial charge in [0, 0.05) is 6.07 Å².